The summed E-state index contributed by atoms with van der Waals surface area (Å²) < 4.78 is 0. The summed E-state index contributed by atoms with van der Waals surface area (Å²) in [6.45, 7) is 1.53. The van der Waals surface area contributed by atoms with E-state index in [9.17, 15) is 14.9 Å². The third-order valence-corrected chi connectivity index (χ3v) is 4.41. The van der Waals surface area contributed by atoms with E-state index >= 15 is 0 Å². The van der Waals surface area contributed by atoms with Crippen molar-refractivity contribution in [2.75, 3.05) is 24.3 Å². The normalized spacial score (nSPS) is 9.37. The summed E-state index contributed by atoms with van der Waals surface area (Å²) in [5, 5.41) is 23.4. The first kappa shape index (κ1) is 29.8. The van der Waals surface area contributed by atoms with Crippen LogP contribution in [-0.2, 0) is 9.78 Å². The van der Waals surface area contributed by atoms with Crippen LogP contribution in [0, 0.1) is 15.0 Å². The van der Waals surface area contributed by atoms with Gasteiger partial charge in [-0.3, -0.25) is 29.9 Å². The Morgan fingerprint density at radius 1 is 1.03 bits per heavy atom. The van der Waals surface area contributed by atoms with Crippen molar-refractivity contribution in [3.8, 4) is 0 Å². The van der Waals surface area contributed by atoms with Gasteiger partial charge in [-0.2, -0.15) is 0 Å². The van der Waals surface area contributed by atoms with Gasteiger partial charge in [-0.05, 0) is 30.3 Å². The van der Waals surface area contributed by atoms with Crippen molar-refractivity contribution >= 4 is 45.0 Å². The molecule has 0 radical (unpaired) electrons. The van der Waals surface area contributed by atoms with Gasteiger partial charge < -0.3 is 20.5 Å². The molecule has 0 aliphatic heterocycles. The second kappa shape index (κ2) is 14.9. The van der Waals surface area contributed by atoms with E-state index in [0.29, 0.717) is 16.7 Å². The van der Waals surface area contributed by atoms with Crippen LogP contribution in [-0.4, -0.2) is 44.9 Å². The summed E-state index contributed by atoms with van der Waals surface area (Å²) in [6, 6.07) is 8.88. The summed E-state index contributed by atoms with van der Waals surface area (Å²) in [5.74, 6) is -0.00163. The Balaban J connectivity index is 0.000000297. The van der Waals surface area contributed by atoms with Crippen LogP contribution in [0.2, 0.25) is 0 Å². The molecule has 4 aromatic rings. The van der Waals surface area contributed by atoms with Gasteiger partial charge in [-0.25, -0.2) is 4.98 Å². The minimum atomic E-state index is -0.456. The van der Waals surface area contributed by atoms with Gasteiger partial charge >= 0.3 is 57.1 Å². The summed E-state index contributed by atoms with van der Waals surface area (Å²) in [6.07, 6.45) is 6.23. The van der Waals surface area contributed by atoms with Crippen LogP contribution in [0.1, 0.15) is 6.92 Å². The quantitative estimate of drug-likeness (QED) is 0.119. The average Bonchev–Trinajstić information content (AvgIpc) is 2.87. The van der Waals surface area contributed by atoms with Crippen LogP contribution in [0.4, 0.5) is 17.1 Å². The number of hydrogen-bond donors (Lipinski definition) is 1. The van der Waals surface area contributed by atoms with E-state index in [-0.39, 0.29) is 63.0 Å². The zero-order valence-corrected chi connectivity index (χ0v) is 22.4. The molecule has 0 bridgehead atoms. The maximum atomic E-state index is 11.2. The topological polar surface area (TPSA) is 189 Å². The molecule has 4 rings (SSSR count). The molecule has 15 heteroatoms. The van der Waals surface area contributed by atoms with Crippen molar-refractivity contribution in [2.45, 2.75) is 6.92 Å². The van der Waals surface area contributed by atoms with E-state index in [1.165, 1.54) is 24.7 Å². The first-order chi connectivity index (χ1) is 16.3. The van der Waals surface area contributed by atoms with Crippen molar-refractivity contribution < 1.29 is 71.3 Å². The zero-order valence-electron chi connectivity index (χ0n) is 19.3. The van der Waals surface area contributed by atoms with Gasteiger partial charge in [0, 0.05) is 51.5 Å². The van der Waals surface area contributed by atoms with Crippen molar-refractivity contribution in [1.29, 1.82) is 0 Å². The van der Waals surface area contributed by atoms with Crippen molar-refractivity contribution in [3.63, 3.8) is 0 Å². The summed E-state index contributed by atoms with van der Waals surface area (Å²) in [7, 11) is 3.37. The second-order valence-electron chi connectivity index (χ2n) is 6.35. The van der Waals surface area contributed by atoms with Gasteiger partial charge in [0.25, 0.3) is 0 Å². The number of nitrogens with zero attached hydrogens (tertiary/aromatic N) is 7. The molecule has 0 aliphatic carbocycles. The predicted molar refractivity (Wildman–Crippen MR) is 121 cm³/mol. The Morgan fingerprint density at radius 2 is 1.57 bits per heavy atom. The van der Waals surface area contributed by atoms with Crippen LogP contribution in [0.3, 0.4) is 0 Å². The number of aromatic nitrogens is 4. The molecule has 0 fully saturated rings. The number of fused-ring (bicyclic) bond motifs is 2. The van der Waals surface area contributed by atoms with Crippen molar-refractivity contribution in [2.24, 2.45) is 5.34 Å². The maximum absolute atomic E-state index is 11.2. The fraction of sp³-hybridized carbons (Fsp3) is 0.150. The molecule has 1 N–H and O–H groups in total. The number of nitrogens with one attached hydrogen (secondary N) is 1. The average molecular weight is 507 g/mol. The molecule has 1 amide bonds. The minimum Gasteiger partial charge on any atom is -0.635 e. The van der Waals surface area contributed by atoms with Crippen LogP contribution in [0.5, 0.6) is 0 Å². The number of nitro benzene ring substituents is 1. The molecular weight excluding hydrogens is 487 g/mol. The fourth-order valence-corrected chi connectivity index (χ4v) is 2.75. The van der Waals surface area contributed by atoms with Gasteiger partial charge in [0.1, 0.15) is 11.0 Å². The standard InChI is InChI=1S/C11H11N3O.C9H8N4O2.K.HNO3/c1-8(15)14(2)9-3-4-10-11(7-9)13-6-5-12-10;1-10-7-3-2-6-8(9(7)13(14)15)12-5-4-11-6;;2-1-4-3/h3-7H,1-2H3;2-5,10H,1H3;;3H/q;;+1;/p-1. The summed E-state index contributed by atoms with van der Waals surface area (Å²) >= 11 is 0. The zero-order chi connectivity index (χ0) is 25.1. The van der Waals surface area contributed by atoms with Crippen LogP contribution in [0.25, 0.3) is 22.1 Å². The third-order valence-electron chi connectivity index (χ3n) is 4.41. The van der Waals surface area contributed by atoms with Gasteiger partial charge in [-0.1, -0.05) is 0 Å². The van der Waals surface area contributed by atoms with Crippen molar-refractivity contribution in [1.82, 2.24) is 19.9 Å². The Labute approximate surface area is 241 Å². The monoisotopic (exact) mass is 506 g/mol. The van der Waals surface area contributed by atoms with Gasteiger partial charge in [0.15, 0.2) is 5.52 Å². The summed E-state index contributed by atoms with van der Waals surface area (Å²) in [4.78, 5) is 50.3. The fourth-order valence-electron chi connectivity index (χ4n) is 2.75. The van der Waals surface area contributed by atoms with Crippen LogP contribution in [0.15, 0.2) is 60.5 Å². The Bertz CT molecular complexity index is 1310. The van der Waals surface area contributed by atoms with Crippen molar-refractivity contribution in [3.05, 3.63) is 70.1 Å². The van der Waals surface area contributed by atoms with Gasteiger partial charge in [0.05, 0.1) is 21.5 Å². The molecule has 176 valence electrons. The summed E-state index contributed by atoms with van der Waals surface area (Å²) in [5.41, 5.74) is 3.67. The molecule has 0 saturated carbocycles. The number of carbonyl (C=O) groups excluding carboxylic acids is 1. The molecule has 0 atom stereocenters. The third kappa shape index (κ3) is 8.20. The van der Waals surface area contributed by atoms with E-state index < -0.39 is 4.92 Å². The number of rotatable bonds is 4. The number of carbonyl (C=O) groups is 1. The molecule has 0 spiro atoms. The smallest absolute Gasteiger partial charge is 0.635 e. The van der Waals surface area contributed by atoms with Gasteiger partial charge in [-0.15, -0.1) is 4.91 Å². The molecule has 14 nitrogen and oxygen atoms in total. The Morgan fingerprint density at radius 3 is 2.11 bits per heavy atom. The first-order valence-electron chi connectivity index (χ1n) is 9.46. The largest absolute Gasteiger partial charge is 1.00 e. The minimum absolute atomic E-state index is 0. The van der Waals surface area contributed by atoms with E-state index in [2.05, 4.69) is 30.2 Å². The van der Waals surface area contributed by atoms with Crippen LogP contribution < -0.4 is 66.9 Å². The molecule has 0 saturated heterocycles. The number of hydrogen-bond acceptors (Lipinski definition) is 12. The SMILES string of the molecule is CC(=O)N(C)c1ccc2nccnc2c1.CNc1ccc2nccnc2c1[N+](=O)[O-].O=NO[O-].[K+]. The number of nitro groups is 1. The Kier molecular flexibility index (Phi) is 12.7. The van der Waals surface area contributed by atoms with E-state index in [1.807, 2.05) is 18.2 Å². The molecular formula is C20H19KN8O6. The molecule has 0 aliphatic rings. The van der Waals surface area contributed by atoms with E-state index in [0.717, 1.165) is 16.7 Å². The van der Waals surface area contributed by atoms with E-state index in [4.69, 9.17) is 10.2 Å². The van der Waals surface area contributed by atoms with E-state index in [1.54, 1.807) is 43.5 Å². The van der Waals surface area contributed by atoms with Gasteiger partial charge in [0.2, 0.25) is 5.91 Å². The molecule has 2 aromatic heterocycles. The molecule has 35 heavy (non-hydrogen) atoms. The molecule has 2 aromatic carbocycles. The maximum Gasteiger partial charge on any atom is 1.00 e. The molecule has 0 unspecified atom stereocenters. The Hall–Kier alpha value is -3.21. The van der Waals surface area contributed by atoms with Crippen LogP contribution >= 0.6 is 0 Å². The second-order valence-corrected chi connectivity index (χ2v) is 6.35. The first-order valence-corrected chi connectivity index (χ1v) is 9.46. The molecule has 2 heterocycles. The predicted octanol–water partition coefficient (Wildman–Crippen LogP) is -0.844. The number of benzene rings is 2. The number of amides is 1. The number of anilines is 2.